The first kappa shape index (κ1) is 38.8. The van der Waals surface area contributed by atoms with E-state index in [-0.39, 0.29) is 16.7 Å². The molecule has 0 aromatic carbocycles. The number of allylic oxidation sites excluding steroid dienone is 1. The molecule has 8 nitrogen and oxygen atoms in total. The summed E-state index contributed by atoms with van der Waals surface area (Å²) in [5.74, 6) is -2.28. The molecule has 39 heavy (non-hydrogen) atoms. The number of carboxylic acids is 2. The van der Waals surface area contributed by atoms with Gasteiger partial charge in [0.15, 0.2) is 33.3 Å². The Morgan fingerprint density at radius 1 is 0.615 bits per heavy atom. The van der Waals surface area contributed by atoms with Crippen LogP contribution >= 0.6 is 0 Å². The van der Waals surface area contributed by atoms with Gasteiger partial charge in [0.25, 0.3) is 0 Å². The second-order valence-electron chi connectivity index (χ2n) is 14.6. The van der Waals surface area contributed by atoms with Gasteiger partial charge in [0.1, 0.15) is 0 Å². The van der Waals surface area contributed by atoms with Gasteiger partial charge in [-0.3, -0.25) is 4.79 Å². The zero-order valence-corrected chi connectivity index (χ0v) is 33.5. The predicted octanol–water partition coefficient (Wildman–Crippen LogP) is 7.03. The highest BCUT2D eigenvalue weighted by molar-refractivity contribution is 6.82. The SMILES string of the molecule is CC(CCC(CCC(C)[SiH](O[Si](C)(C)C)O[Si](C)(C)C)=C(CC(=O)O)C(=O)O)[SiH](O[Si](C)(C)C)O[Si](C)(C)C. The van der Waals surface area contributed by atoms with Crippen molar-refractivity contribution in [2.75, 3.05) is 0 Å². The Hall–Kier alpha value is -0.179. The Labute approximate surface area is 246 Å². The lowest BCUT2D eigenvalue weighted by atomic mass is 9.95. The lowest BCUT2D eigenvalue weighted by molar-refractivity contribution is -0.139. The summed E-state index contributed by atoms with van der Waals surface area (Å²) >= 11 is 0. The first-order valence-electron chi connectivity index (χ1n) is 14.2. The summed E-state index contributed by atoms with van der Waals surface area (Å²) in [6, 6.07) is 0. The van der Waals surface area contributed by atoms with E-state index in [4.69, 9.17) is 16.5 Å². The molecule has 0 aliphatic heterocycles. The van der Waals surface area contributed by atoms with Gasteiger partial charge in [-0.15, -0.1) is 0 Å². The molecule has 0 aliphatic carbocycles. The van der Waals surface area contributed by atoms with Crippen LogP contribution in [0.15, 0.2) is 11.1 Å². The van der Waals surface area contributed by atoms with Crippen molar-refractivity contribution in [2.24, 2.45) is 0 Å². The molecule has 0 amide bonds. The maximum atomic E-state index is 12.2. The van der Waals surface area contributed by atoms with E-state index in [0.29, 0.717) is 31.3 Å². The van der Waals surface area contributed by atoms with E-state index >= 15 is 0 Å². The summed E-state index contributed by atoms with van der Waals surface area (Å²) in [7, 11) is -11.3. The average molecular weight is 655 g/mol. The van der Waals surface area contributed by atoms with Crippen LogP contribution in [0.5, 0.6) is 0 Å². The van der Waals surface area contributed by atoms with Gasteiger partial charge in [0, 0.05) is 5.57 Å². The number of carbonyl (C=O) groups is 2. The number of hydrogen-bond donors (Lipinski definition) is 2. The minimum Gasteiger partial charge on any atom is -0.481 e. The van der Waals surface area contributed by atoms with Gasteiger partial charge in [-0.05, 0) is 115 Å². The molecule has 0 rings (SSSR count). The fourth-order valence-corrected chi connectivity index (χ4v) is 20.9. The molecular weight excluding hydrogens is 597 g/mol. The van der Waals surface area contributed by atoms with Gasteiger partial charge in [-0.25, -0.2) is 4.79 Å². The van der Waals surface area contributed by atoms with Gasteiger partial charge in [0.05, 0.1) is 6.42 Å². The van der Waals surface area contributed by atoms with Gasteiger partial charge < -0.3 is 26.7 Å². The molecule has 0 saturated carbocycles. The van der Waals surface area contributed by atoms with Crippen LogP contribution < -0.4 is 0 Å². The lowest BCUT2D eigenvalue weighted by Gasteiger charge is -2.34. The van der Waals surface area contributed by atoms with Gasteiger partial charge in [-0.1, -0.05) is 19.4 Å². The Morgan fingerprint density at radius 3 is 1.10 bits per heavy atom. The highest BCUT2D eigenvalue weighted by atomic mass is 28.5. The highest BCUT2D eigenvalue weighted by Gasteiger charge is 2.35. The van der Waals surface area contributed by atoms with E-state index < -0.39 is 70.2 Å². The van der Waals surface area contributed by atoms with Crippen LogP contribution in [0.25, 0.3) is 0 Å². The van der Waals surface area contributed by atoms with Crippen molar-refractivity contribution < 1.29 is 36.3 Å². The minimum absolute atomic E-state index is 0.00722. The molecule has 14 heteroatoms. The third kappa shape index (κ3) is 19.6. The molecule has 0 aromatic rings. The zero-order valence-electron chi connectivity index (χ0n) is 27.2. The maximum Gasteiger partial charge on any atom is 0.332 e. The van der Waals surface area contributed by atoms with Crippen molar-refractivity contribution in [2.45, 2.75) is 136 Å². The van der Waals surface area contributed by atoms with Crippen molar-refractivity contribution in [3.63, 3.8) is 0 Å². The second kappa shape index (κ2) is 15.9. The van der Waals surface area contributed by atoms with Crippen molar-refractivity contribution >= 4 is 63.8 Å². The summed E-state index contributed by atoms with van der Waals surface area (Å²) in [4.78, 5) is 23.8. The summed E-state index contributed by atoms with van der Waals surface area (Å²) in [6.07, 6.45) is 1.98. The third-order valence-corrected chi connectivity index (χ3v) is 23.2. The number of carboxylic acid groups (broad SMARTS) is 2. The molecular formula is C25H58O8Si6. The molecule has 0 saturated heterocycles. The quantitative estimate of drug-likeness (QED) is 0.113. The summed E-state index contributed by atoms with van der Waals surface area (Å²) in [6.45, 7) is 30.3. The van der Waals surface area contributed by atoms with Crippen LogP contribution in [-0.4, -0.2) is 74.0 Å². The lowest BCUT2D eigenvalue weighted by Crippen LogP contribution is -2.45. The Morgan fingerprint density at radius 2 is 0.897 bits per heavy atom. The smallest absolute Gasteiger partial charge is 0.332 e. The van der Waals surface area contributed by atoms with Crippen molar-refractivity contribution in [1.29, 1.82) is 0 Å². The minimum atomic E-state index is -2.01. The molecule has 0 aliphatic rings. The van der Waals surface area contributed by atoms with Gasteiger partial charge >= 0.3 is 30.5 Å². The molecule has 230 valence electrons. The van der Waals surface area contributed by atoms with E-state index in [1.54, 1.807) is 0 Å². The fraction of sp³-hybridized carbons (Fsp3) is 0.840. The Bertz CT molecular complexity index is 744. The first-order chi connectivity index (χ1) is 17.3. The number of aliphatic carboxylic acids is 2. The van der Waals surface area contributed by atoms with Crippen LogP contribution in [-0.2, 0) is 26.0 Å². The van der Waals surface area contributed by atoms with Crippen LogP contribution in [0, 0.1) is 0 Å². The normalized spacial score (nSPS) is 15.0. The fourth-order valence-electron chi connectivity index (χ4n) is 3.91. The summed E-state index contributed by atoms with van der Waals surface area (Å²) in [5.41, 5.74) is 1.06. The number of rotatable bonds is 19. The molecule has 2 atom stereocenters. The topological polar surface area (TPSA) is 112 Å². The van der Waals surface area contributed by atoms with Crippen LogP contribution in [0.3, 0.4) is 0 Å². The zero-order chi connectivity index (χ0) is 31.0. The van der Waals surface area contributed by atoms with Crippen molar-refractivity contribution in [3.8, 4) is 0 Å². The first-order valence-corrected chi connectivity index (χ1v) is 31.0. The van der Waals surface area contributed by atoms with E-state index in [0.717, 1.165) is 0 Å². The maximum absolute atomic E-state index is 12.2. The van der Waals surface area contributed by atoms with E-state index in [1.165, 1.54) is 0 Å². The standard InChI is InChI=1S/C25H58O8Si6/c1-20(34(30-36(3,4)5)31-37(6,7)8)15-17-22(23(25(28)29)19-24(26)27)18-16-21(2)35(32-38(9,10)11)33-39(12,13)14/h20-21,34-35H,15-19H2,1-14H3,(H,26,27)(H,28,29). The highest BCUT2D eigenvalue weighted by Crippen LogP contribution is 2.32. The largest absolute Gasteiger partial charge is 0.481 e. The molecule has 0 heterocycles. The summed E-state index contributed by atoms with van der Waals surface area (Å²) < 4.78 is 26.2. The number of hydrogen-bond acceptors (Lipinski definition) is 6. The van der Waals surface area contributed by atoms with E-state index in [1.807, 2.05) is 0 Å². The molecule has 0 aromatic heterocycles. The Kier molecular flexibility index (Phi) is 15.8. The summed E-state index contributed by atoms with van der Waals surface area (Å²) in [5, 5.41) is 19.5. The molecule has 0 fully saturated rings. The van der Waals surface area contributed by atoms with Gasteiger partial charge in [0.2, 0.25) is 0 Å². The van der Waals surface area contributed by atoms with Crippen LogP contribution in [0.4, 0.5) is 0 Å². The monoisotopic (exact) mass is 654 g/mol. The second-order valence-corrected chi connectivity index (χ2v) is 39.1. The van der Waals surface area contributed by atoms with E-state index in [9.17, 15) is 19.8 Å². The van der Waals surface area contributed by atoms with E-state index in [2.05, 4.69) is 92.4 Å². The molecule has 0 spiro atoms. The third-order valence-electron chi connectivity index (χ3n) is 5.62. The van der Waals surface area contributed by atoms with Crippen LogP contribution in [0.1, 0.15) is 46.0 Å². The molecule has 0 radical (unpaired) electrons. The predicted molar refractivity (Wildman–Crippen MR) is 176 cm³/mol. The average Bonchev–Trinajstić information content (AvgIpc) is 2.66. The van der Waals surface area contributed by atoms with Gasteiger partial charge in [-0.2, -0.15) is 0 Å². The molecule has 0 bridgehead atoms. The van der Waals surface area contributed by atoms with Crippen LogP contribution in [0.2, 0.25) is 89.6 Å². The van der Waals surface area contributed by atoms with Crippen molar-refractivity contribution in [3.05, 3.63) is 11.1 Å². The van der Waals surface area contributed by atoms with Crippen molar-refractivity contribution in [1.82, 2.24) is 0 Å². The molecule has 2 unspecified atom stereocenters. The molecule has 2 N–H and O–H groups in total. The Balaban J connectivity index is 6.01.